The van der Waals surface area contributed by atoms with Gasteiger partial charge in [-0.05, 0) is 18.6 Å². The van der Waals surface area contributed by atoms with Gasteiger partial charge >= 0.3 is 5.97 Å². The molecule has 0 radical (unpaired) electrons. The number of carboxylic acids is 1. The van der Waals surface area contributed by atoms with E-state index < -0.39 is 5.97 Å². The summed E-state index contributed by atoms with van der Waals surface area (Å²) in [6.45, 7) is 0. The Morgan fingerprint density at radius 2 is 2.24 bits per heavy atom. The maximum absolute atomic E-state index is 10.7. The Hall–Kier alpha value is -2.34. The number of carbonyl (C=O) groups is 1. The highest BCUT2D eigenvalue weighted by Crippen LogP contribution is 2.30. The van der Waals surface area contributed by atoms with Crippen molar-refractivity contribution in [1.29, 1.82) is 0 Å². The van der Waals surface area contributed by atoms with Crippen molar-refractivity contribution in [3.63, 3.8) is 0 Å². The number of imidazole rings is 1. The Kier molecular flexibility index (Phi) is 3.62. The first-order chi connectivity index (χ1) is 10.2. The molecule has 0 saturated carbocycles. The van der Waals surface area contributed by atoms with Gasteiger partial charge in [-0.15, -0.1) is 11.3 Å². The second-order valence-corrected chi connectivity index (χ2v) is 5.44. The lowest BCUT2D eigenvalue weighted by atomic mass is 10.1. The van der Waals surface area contributed by atoms with Crippen molar-refractivity contribution in [2.75, 3.05) is 7.11 Å². The van der Waals surface area contributed by atoms with Gasteiger partial charge in [-0.3, -0.25) is 9.20 Å². The van der Waals surface area contributed by atoms with Crippen LogP contribution < -0.4 is 4.74 Å². The third kappa shape index (κ3) is 2.62. The number of ether oxygens (including phenoxy) is 1. The van der Waals surface area contributed by atoms with Gasteiger partial charge in [-0.2, -0.15) is 0 Å². The fourth-order valence-electron chi connectivity index (χ4n) is 2.23. The van der Waals surface area contributed by atoms with Crippen molar-refractivity contribution in [2.24, 2.45) is 0 Å². The zero-order valence-corrected chi connectivity index (χ0v) is 12.3. The molecule has 1 N–H and O–H groups in total. The number of hydrogen-bond donors (Lipinski definition) is 1. The summed E-state index contributed by atoms with van der Waals surface area (Å²) in [5.41, 5.74) is 2.72. The first kappa shape index (κ1) is 13.6. The van der Waals surface area contributed by atoms with Crippen LogP contribution in [-0.2, 0) is 11.2 Å². The minimum absolute atomic E-state index is 0.119. The third-order valence-corrected chi connectivity index (χ3v) is 4.15. The molecule has 2 heterocycles. The fourth-order valence-corrected chi connectivity index (χ4v) is 3.14. The summed E-state index contributed by atoms with van der Waals surface area (Å²) < 4.78 is 7.31. The summed E-state index contributed by atoms with van der Waals surface area (Å²) in [6, 6.07) is 7.71. The summed E-state index contributed by atoms with van der Waals surface area (Å²) >= 11 is 1.51. The molecule has 108 valence electrons. The smallest absolute Gasteiger partial charge is 0.303 e. The van der Waals surface area contributed by atoms with Crippen LogP contribution in [0.4, 0.5) is 0 Å². The van der Waals surface area contributed by atoms with Crippen LogP contribution in [0.15, 0.2) is 35.8 Å². The maximum atomic E-state index is 10.7. The molecule has 3 aromatic rings. The van der Waals surface area contributed by atoms with E-state index in [1.165, 1.54) is 11.3 Å². The quantitative estimate of drug-likeness (QED) is 0.786. The molecule has 0 amide bonds. The lowest BCUT2D eigenvalue weighted by Gasteiger charge is -2.04. The van der Waals surface area contributed by atoms with Crippen LogP contribution in [0, 0.1) is 0 Å². The molecule has 1 aromatic carbocycles. The van der Waals surface area contributed by atoms with Gasteiger partial charge < -0.3 is 9.84 Å². The molecule has 0 aliphatic carbocycles. The summed E-state index contributed by atoms with van der Waals surface area (Å²) in [5.74, 6) is -0.0187. The number of aliphatic carboxylic acids is 1. The predicted octanol–water partition coefficient (Wildman–Crippen LogP) is 3.09. The van der Waals surface area contributed by atoms with Crippen molar-refractivity contribution >= 4 is 22.3 Å². The number of hydrogen-bond acceptors (Lipinski definition) is 4. The van der Waals surface area contributed by atoms with Crippen LogP contribution in [0.2, 0.25) is 0 Å². The van der Waals surface area contributed by atoms with Gasteiger partial charge in [0.25, 0.3) is 0 Å². The molecular formula is C15H14N2O3S. The number of fused-ring (bicyclic) bond motifs is 1. The second-order valence-electron chi connectivity index (χ2n) is 4.60. The van der Waals surface area contributed by atoms with Crippen molar-refractivity contribution in [2.45, 2.75) is 12.8 Å². The van der Waals surface area contributed by atoms with Gasteiger partial charge in [0.15, 0.2) is 4.96 Å². The molecule has 0 spiro atoms. The van der Waals surface area contributed by atoms with Gasteiger partial charge in [0.2, 0.25) is 0 Å². The Labute approximate surface area is 125 Å². The van der Waals surface area contributed by atoms with Crippen molar-refractivity contribution in [3.8, 4) is 17.0 Å². The first-order valence-electron chi connectivity index (χ1n) is 6.49. The Morgan fingerprint density at radius 1 is 1.43 bits per heavy atom. The normalized spacial score (nSPS) is 10.9. The number of methoxy groups -OCH3 is 1. The number of carboxylic acid groups (broad SMARTS) is 1. The van der Waals surface area contributed by atoms with Crippen molar-refractivity contribution in [1.82, 2.24) is 9.38 Å². The van der Waals surface area contributed by atoms with Crippen LogP contribution in [0.25, 0.3) is 16.2 Å². The molecule has 3 rings (SSSR count). The number of nitrogens with zero attached hydrogens (tertiary/aromatic N) is 2. The molecule has 0 atom stereocenters. The van der Waals surface area contributed by atoms with Crippen molar-refractivity contribution in [3.05, 3.63) is 41.5 Å². The number of rotatable bonds is 5. The van der Waals surface area contributed by atoms with E-state index in [1.807, 2.05) is 40.2 Å². The summed E-state index contributed by atoms with van der Waals surface area (Å²) in [7, 11) is 1.63. The van der Waals surface area contributed by atoms with Gasteiger partial charge in [-0.25, -0.2) is 4.98 Å². The molecule has 0 fully saturated rings. The molecule has 0 aliphatic rings. The molecule has 0 unspecified atom stereocenters. The van der Waals surface area contributed by atoms with E-state index in [9.17, 15) is 4.79 Å². The molecule has 0 bridgehead atoms. The zero-order valence-electron chi connectivity index (χ0n) is 11.4. The zero-order chi connectivity index (χ0) is 14.8. The topological polar surface area (TPSA) is 63.8 Å². The van der Waals surface area contributed by atoms with Gasteiger partial charge in [0.1, 0.15) is 5.75 Å². The molecular weight excluding hydrogens is 288 g/mol. The third-order valence-electron chi connectivity index (χ3n) is 3.26. The number of thiazole rings is 1. The molecule has 5 nitrogen and oxygen atoms in total. The number of para-hydroxylation sites is 1. The predicted molar refractivity (Wildman–Crippen MR) is 81.0 cm³/mol. The van der Waals surface area contributed by atoms with Crippen LogP contribution in [0.3, 0.4) is 0 Å². The SMILES string of the molecule is COc1ccccc1-c1cn2c(CCC(=O)O)csc2n1. The lowest BCUT2D eigenvalue weighted by Crippen LogP contribution is -1.99. The monoisotopic (exact) mass is 302 g/mol. The van der Waals surface area contributed by atoms with E-state index in [0.717, 1.165) is 27.7 Å². The minimum atomic E-state index is -0.792. The Bertz CT molecular complexity index is 791. The largest absolute Gasteiger partial charge is 0.496 e. The molecule has 6 heteroatoms. The standard InChI is InChI=1S/C15H14N2O3S/c1-20-13-5-3-2-4-11(13)12-8-17-10(6-7-14(18)19)9-21-15(17)16-12/h2-5,8-9H,6-7H2,1H3,(H,18,19). The highest BCUT2D eigenvalue weighted by atomic mass is 32.1. The minimum Gasteiger partial charge on any atom is -0.496 e. The second kappa shape index (κ2) is 5.57. The summed E-state index contributed by atoms with van der Waals surface area (Å²) in [4.78, 5) is 16.2. The van der Waals surface area contributed by atoms with Gasteiger partial charge in [-0.1, -0.05) is 12.1 Å². The highest BCUT2D eigenvalue weighted by molar-refractivity contribution is 7.15. The fraction of sp³-hybridized carbons (Fsp3) is 0.200. The molecule has 0 saturated heterocycles. The van der Waals surface area contributed by atoms with Crippen LogP contribution in [0.1, 0.15) is 12.1 Å². The van der Waals surface area contributed by atoms with E-state index in [0.29, 0.717) is 6.42 Å². The Morgan fingerprint density at radius 3 is 3.00 bits per heavy atom. The van der Waals surface area contributed by atoms with E-state index in [2.05, 4.69) is 4.98 Å². The average molecular weight is 302 g/mol. The average Bonchev–Trinajstić information content (AvgIpc) is 3.05. The van der Waals surface area contributed by atoms with E-state index in [4.69, 9.17) is 9.84 Å². The summed E-state index contributed by atoms with van der Waals surface area (Å²) in [6.07, 6.45) is 2.55. The molecule has 2 aromatic heterocycles. The van der Waals surface area contributed by atoms with E-state index in [-0.39, 0.29) is 6.42 Å². The molecule has 0 aliphatic heterocycles. The highest BCUT2D eigenvalue weighted by Gasteiger charge is 2.13. The lowest BCUT2D eigenvalue weighted by molar-refractivity contribution is -0.136. The van der Waals surface area contributed by atoms with Crippen molar-refractivity contribution < 1.29 is 14.6 Å². The number of benzene rings is 1. The number of aryl methyl sites for hydroxylation is 1. The maximum Gasteiger partial charge on any atom is 0.303 e. The number of aromatic nitrogens is 2. The van der Waals surface area contributed by atoms with Gasteiger partial charge in [0, 0.05) is 22.8 Å². The molecule has 21 heavy (non-hydrogen) atoms. The van der Waals surface area contributed by atoms with Crippen LogP contribution in [0.5, 0.6) is 5.75 Å². The van der Waals surface area contributed by atoms with E-state index in [1.54, 1.807) is 7.11 Å². The van der Waals surface area contributed by atoms with Crippen LogP contribution >= 0.6 is 11.3 Å². The van der Waals surface area contributed by atoms with E-state index >= 15 is 0 Å². The first-order valence-corrected chi connectivity index (χ1v) is 7.37. The summed E-state index contributed by atoms with van der Waals surface area (Å²) in [5, 5.41) is 10.8. The van der Waals surface area contributed by atoms with Gasteiger partial charge in [0.05, 0.1) is 19.2 Å². The Balaban J connectivity index is 1.99. The van der Waals surface area contributed by atoms with Crippen LogP contribution in [-0.4, -0.2) is 27.6 Å².